The van der Waals surface area contributed by atoms with Crippen molar-refractivity contribution >= 4 is 25.7 Å². The first-order chi connectivity index (χ1) is 27.1. The van der Waals surface area contributed by atoms with Crippen molar-refractivity contribution in [2.75, 3.05) is 19.8 Å². The van der Waals surface area contributed by atoms with Gasteiger partial charge in [0.05, 0.1) is 13.2 Å². The van der Waals surface area contributed by atoms with E-state index in [4.69, 9.17) is 24.8 Å². The topological polar surface area (TPSA) is 172 Å². The van der Waals surface area contributed by atoms with Gasteiger partial charge in [0, 0.05) is 12.8 Å². The van der Waals surface area contributed by atoms with Crippen LogP contribution in [-0.4, -0.2) is 59.9 Å². The minimum absolute atomic E-state index is 0.125. The molecule has 0 aromatic carbocycles. The standard InChI is InChI=1S/C44H78NO10P/c1-3-5-7-9-11-13-15-17-19-20-22-23-25-27-29-31-33-35-42(46)52-37-40(38-53-56(50,51)54-39-41(45)44(48)49)55-43(47)36-34-32-30-28-26-24-21-18-16-14-12-10-8-6-4-2/h11,13,17,19,22-23,26,28,40-41H,3-10,12,14-16,18,20-21,24-25,27,29-39,45H2,1-2H3,(H,48,49)(H,50,51)/b13-11+,19-17+,23-22+,28-26+/t40-,41+/m1/s1. The molecule has 11 nitrogen and oxygen atoms in total. The Labute approximate surface area is 339 Å². The lowest BCUT2D eigenvalue weighted by molar-refractivity contribution is -0.161. The molecule has 0 aliphatic carbocycles. The number of phosphoric acid groups is 1. The van der Waals surface area contributed by atoms with Gasteiger partial charge in [-0.1, -0.05) is 140 Å². The molecule has 0 bridgehead atoms. The fraction of sp³-hybridized carbons (Fsp3) is 0.750. The summed E-state index contributed by atoms with van der Waals surface area (Å²) < 4.78 is 32.6. The number of ether oxygens (including phenoxy) is 2. The number of carbonyl (C=O) groups excluding carboxylic acids is 2. The van der Waals surface area contributed by atoms with Gasteiger partial charge in [-0.2, -0.15) is 0 Å². The maximum Gasteiger partial charge on any atom is 0.472 e. The van der Waals surface area contributed by atoms with Gasteiger partial charge in [-0.3, -0.25) is 23.4 Å². The summed E-state index contributed by atoms with van der Waals surface area (Å²) in [5.74, 6) is -2.44. The van der Waals surface area contributed by atoms with Gasteiger partial charge in [0.2, 0.25) is 0 Å². The Bertz CT molecular complexity index is 1140. The van der Waals surface area contributed by atoms with Gasteiger partial charge in [0.25, 0.3) is 0 Å². The lowest BCUT2D eigenvalue weighted by Crippen LogP contribution is -2.34. The van der Waals surface area contributed by atoms with E-state index in [-0.39, 0.29) is 19.4 Å². The summed E-state index contributed by atoms with van der Waals surface area (Å²) >= 11 is 0. The average Bonchev–Trinajstić information content (AvgIpc) is 3.17. The van der Waals surface area contributed by atoms with Gasteiger partial charge < -0.3 is 25.2 Å². The highest BCUT2D eigenvalue weighted by molar-refractivity contribution is 7.47. The van der Waals surface area contributed by atoms with E-state index in [1.54, 1.807) is 0 Å². The van der Waals surface area contributed by atoms with Crippen LogP contribution >= 0.6 is 7.82 Å². The molecule has 0 radical (unpaired) electrons. The van der Waals surface area contributed by atoms with Crippen LogP contribution in [0, 0.1) is 0 Å². The number of carbonyl (C=O) groups is 3. The first kappa shape index (κ1) is 53.4. The first-order valence-corrected chi connectivity index (χ1v) is 23.2. The van der Waals surface area contributed by atoms with Crippen LogP contribution in [0.3, 0.4) is 0 Å². The third-order valence-corrected chi connectivity index (χ3v) is 10.0. The molecule has 0 aromatic rings. The molecular formula is C44H78NO10P. The van der Waals surface area contributed by atoms with Gasteiger partial charge in [-0.05, 0) is 77.0 Å². The highest BCUT2D eigenvalue weighted by Gasteiger charge is 2.28. The number of allylic oxidation sites excluding steroid dienone is 8. The van der Waals surface area contributed by atoms with Gasteiger partial charge >= 0.3 is 25.7 Å². The van der Waals surface area contributed by atoms with Crippen molar-refractivity contribution in [1.29, 1.82) is 0 Å². The molecule has 4 N–H and O–H groups in total. The van der Waals surface area contributed by atoms with Crippen molar-refractivity contribution in [3.8, 4) is 0 Å². The second-order valence-corrected chi connectivity index (χ2v) is 15.9. The minimum Gasteiger partial charge on any atom is -0.480 e. The number of unbranched alkanes of at least 4 members (excludes halogenated alkanes) is 18. The van der Waals surface area contributed by atoms with Crippen LogP contribution in [0.4, 0.5) is 0 Å². The van der Waals surface area contributed by atoms with E-state index in [1.165, 1.54) is 77.0 Å². The van der Waals surface area contributed by atoms with Gasteiger partial charge in [0.15, 0.2) is 6.10 Å². The third kappa shape index (κ3) is 38.3. The zero-order valence-electron chi connectivity index (χ0n) is 35.0. The lowest BCUT2D eigenvalue weighted by Gasteiger charge is -2.20. The molecule has 0 saturated carbocycles. The molecule has 0 heterocycles. The number of carboxylic acids is 1. The van der Waals surface area contributed by atoms with E-state index in [0.717, 1.165) is 64.2 Å². The molecule has 56 heavy (non-hydrogen) atoms. The number of rotatable bonds is 40. The molecule has 0 spiro atoms. The Morgan fingerprint density at radius 2 is 0.946 bits per heavy atom. The molecule has 0 aromatic heterocycles. The van der Waals surface area contributed by atoms with Crippen molar-refractivity contribution in [3.63, 3.8) is 0 Å². The van der Waals surface area contributed by atoms with Crippen LogP contribution in [0.5, 0.6) is 0 Å². The van der Waals surface area contributed by atoms with Crippen molar-refractivity contribution in [2.24, 2.45) is 5.73 Å². The first-order valence-electron chi connectivity index (χ1n) is 21.7. The number of carboxylic acid groups (broad SMARTS) is 1. The number of aliphatic carboxylic acids is 1. The number of phosphoric ester groups is 1. The smallest absolute Gasteiger partial charge is 0.472 e. The molecule has 12 heteroatoms. The van der Waals surface area contributed by atoms with Crippen LogP contribution in [0.25, 0.3) is 0 Å². The summed E-state index contributed by atoms with van der Waals surface area (Å²) in [6, 6.07) is -1.53. The van der Waals surface area contributed by atoms with E-state index in [0.29, 0.717) is 12.8 Å². The maximum atomic E-state index is 12.6. The van der Waals surface area contributed by atoms with Gasteiger partial charge in [0.1, 0.15) is 12.6 Å². The predicted octanol–water partition coefficient (Wildman–Crippen LogP) is 11.4. The highest BCUT2D eigenvalue weighted by atomic mass is 31.2. The second-order valence-electron chi connectivity index (χ2n) is 14.5. The van der Waals surface area contributed by atoms with E-state index < -0.39 is 51.1 Å². The minimum atomic E-state index is -4.73. The molecule has 0 rings (SSSR count). The molecule has 324 valence electrons. The van der Waals surface area contributed by atoms with Crippen LogP contribution in [0.15, 0.2) is 48.6 Å². The molecule has 0 amide bonds. The molecule has 0 aliphatic heterocycles. The lowest BCUT2D eigenvalue weighted by atomic mass is 10.1. The molecular weight excluding hydrogens is 733 g/mol. The summed E-state index contributed by atoms with van der Waals surface area (Å²) in [6.45, 7) is 2.73. The van der Waals surface area contributed by atoms with Crippen LogP contribution in [0.1, 0.15) is 181 Å². The van der Waals surface area contributed by atoms with Gasteiger partial charge in [-0.25, -0.2) is 4.57 Å². The number of hydrogen-bond donors (Lipinski definition) is 3. The zero-order chi connectivity index (χ0) is 41.4. The van der Waals surface area contributed by atoms with Crippen molar-refractivity contribution in [2.45, 2.75) is 193 Å². The summed E-state index contributed by atoms with van der Waals surface area (Å²) in [6.07, 6.45) is 43.2. The molecule has 0 fully saturated rings. The fourth-order valence-electron chi connectivity index (χ4n) is 5.59. The molecule has 3 atom stereocenters. The fourth-order valence-corrected chi connectivity index (χ4v) is 6.37. The Hall–Kier alpha value is -2.56. The summed E-state index contributed by atoms with van der Waals surface area (Å²) in [4.78, 5) is 45.9. The molecule has 0 saturated heterocycles. The van der Waals surface area contributed by atoms with E-state index in [9.17, 15) is 23.8 Å². The zero-order valence-corrected chi connectivity index (χ0v) is 35.9. The third-order valence-electron chi connectivity index (χ3n) is 9.05. The number of hydrogen-bond acceptors (Lipinski definition) is 9. The quantitative estimate of drug-likeness (QED) is 0.0233. The second kappa shape index (κ2) is 39.3. The van der Waals surface area contributed by atoms with E-state index in [1.807, 2.05) is 0 Å². The van der Waals surface area contributed by atoms with Gasteiger partial charge in [-0.15, -0.1) is 0 Å². The maximum absolute atomic E-state index is 12.6. The van der Waals surface area contributed by atoms with Crippen LogP contribution < -0.4 is 5.73 Å². The van der Waals surface area contributed by atoms with Crippen LogP contribution in [-0.2, 0) is 37.5 Å². The number of nitrogens with two attached hydrogens (primary N) is 1. The van der Waals surface area contributed by atoms with Crippen molar-refractivity contribution in [3.05, 3.63) is 48.6 Å². The SMILES string of the molecule is CCCCC/C=C/C/C=C/C/C=C/CCCCCCC(=O)OC[C@H](COP(=O)(O)OC[C@H](N)C(=O)O)OC(=O)CCCC/C=C/CCCCCCCCCCC. The summed E-state index contributed by atoms with van der Waals surface area (Å²) in [7, 11) is -4.73. The van der Waals surface area contributed by atoms with E-state index >= 15 is 0 Å². The summed E-state index contributed by atoms with van der Waals surface area (Å²) in [5.41, 5.74) is 5.33. The Morgan fingerprint density at radius 3 is 1.50 bits per heavy atom. The summed E-state index contributed by atoms with van der Waals surface area (Å²) in [5, 5.41) is 8.88. The van der Waals surface area contributed by atoms with E-state index in [2.05, 4.69) is 67.0 Å². The Kier molecular flexibility index (Phi) is 37.5. The van der Waals surface area contributed by atoms with Crippen LogP contribution in [0.2, 0.25) is 0 Å². The largest absolute Gasteiger partial charge is 0.480 e. The van der Waals surface area contributed by atoms with Crippen molar-refractivity contribution < 1.29 is 47.5 Å². The Morgan fingerprint density at radius 1 is 0.554 bits per heavy atom. The number of esters is 2. The van der Waals surface area contributed by atoms with Crippen molar-refractivity contribution in [1.82, 2.24) is 0 Å². The normalized spacial score (nSPS) is 14.2. The average molecular weight is 812 g/mol. The monoisotopic (exact) mass is 812 g/mol. The molecule has 1 unspecified atom stereocenters. The molecule has 0 aliphatic rings. The predicted molar refractivity (Wildman–Crippen MR) is 226 cm³/mol. The highest BCUT2D eigenvalue weighted by Crippen LogP contribution is 2.43. The Balaban J connectivity index is 4.44.